The molecule has 2 aromatic carbocycles. The number of ether oxygens (including phenoxy) is 1. The summed E-state index contributed by atoms with van der Waals surface area (Å²) in [5.74, 6) is 0.0438. The number of benzene rings is 2. The van der Waals surface area contributed by atoms with Gasteiger partial charge in [0.15, 0.2) is 0 Å². The third-order valence-electron chi connectivity index (χ3n) is 4.11. The van der Waals surface area contributed by atoms with Crippen LogP contribution in [0.15, 0.2) is 60.2 Å². The third-order valence-corrected chi connectivity index (χ3v) is 4.11. The van der Waals surface area contributed by atoms with Crippen molar-refractivity contribution < 1.29 is 23.0 Å². The van der Waals surface area contributed by atoms with Gasteiger partial charge in [-0.15, -0.1) is 13.2 Å². The lowest BCUT2D eigenvalue weighted by atomic mass is 9.99. The molecule has 0 atom stereocenters. The highest BCUT2D eigenvalue weighted by Gasteiger charge is 2.30. The van der Waals surface area contributed by atoms with E-state index in [1.54, 1.807) is 24.3 Å². The molecule has 0 spiro atoms. The van der Waals surface area contributed by atoms with Gasteiger partial charge < -0.3 is 14.7 Å². The normalized spacial score (nSPS) is 15.0. The first-order valence-electron chi connectivity index (χ1n) is 7.96. The van der Waals surface area contributed by atoms with Crippen molar-refractivity contribution >= 4 is 5.69 Å². The Balaban J connectivity index is 1.58. The van der Waals surface area contributed by atoms with Crippen LogP contribution in [0, 0.1) is 0 Å². The van der Waals surface area contributed by atoms with Gasteiger partial charge in [-0.2, -0.15) is 0 Å². The number of anilines is 1. The topological polar surface area (TPSA) is 32.7 Å². The molecule has 0 unspecified atom stereocenters. The molecule has 3 rings (SSSR count). The molecule has 1 heterocycles. The van der Waals surface area contributed by atoms with E-state index >= 15 is 0 Å². The summed E-state index contributed by atoms with van der Waals surface area (Å²) < 4.78 is 40.4. The van der Waals surface area contributed by atoms with E-state index < -0.39 is 6.36 Å². The number of phenols is 1. The van der Waals surface area contributed by atoms with Gasteiger partial charge in [-0.25, -0.2) is 0 Å². The molecule has 1 N–H and O–H groups in total. The Bertz CT molecular complexity index is 737. The molecule has 2 aromatic rings. The van der Waals surface area contributed by atoms with Gasteiger partial charge in [-0.1, -0.05) is 23.8 Å². The van der Waals surface area contributed by atoms with E-state index in [9.17, 15) is 18.3 Å². The second kappa shape index (κ2) is 7.09. The van der Waals surface area contributed by atoms with Gasteiger partial charge in [0.25, 0.3) is 0 Å². The predicted octanol–water partition coefficient (Wildman–Crippen LogP) is 4.67. The lowest BCUT2D eigenvalue weighted by molar-refractivity contribution is -0.274. The van der Waals surface area contributed by atoms with Crippen LogP contribution in [-0.4, -0.2) is 24.6 Å². The molecule has 1 aliphatic rings. The van der Waals surface area contributed by atoms with E-state index in [-0.39, 0.29) is 11.5 Å². The quantitative estimate of drug-likeness (QED) is 0.814. The smallest absolute Gasteiger partial charge is 0.508 e. The first kappa shape index (κ1) is 17.2. The van der Waals surface area contributed by atoms with Crippen LogP contribution >= 0.6 is 0 Å². The summed E-state index contributed by atoms with van der Waals surface area (Å²) in [6.07, 6.45) is -0.904. The van der Waals surface area contributed by atoms with Gasteiger partial charge in [0, 0.05) is 18.8 Å². The zero-order valence-electron chi connectivity index (χ0n) is 13.5. The van der Waals surface area contributed by atoms with Crippen molar-refractivity contribution in [2.45, 2.75) is 19.2 Å². The van der Waals surface area contributed by atoms with E-state index in [4.69, 9.17) is 0 Å². The van der Waals surface area contributed by atoms with E-state index in [1.165, 1.54) is 17.7 Å². The van der Waals surface area contributed by atoms with Gasteiger partial charge >= 0.3 is 6.36 Å². The summed E-state index contributed by atoms with van der Waals surface area (Å²) in [5.41, 5.74) is 3.28. The van der Waals surface area contributed by atoms with Gasteiger partial charge in [0.2, 0.25) is 0 Å². The molecule has 6 heteroatoms. The maximum absolute atomic E-state index is 12.2. The van der Waals surface area contributed by atoms with Gasteiger partial charge in [0.1, 0.15) is 11.5 Å². The number of aromatic hydroxyl groups is 1. The molecule has 0 saturated carbocycles. The van der Waals surface area contributed by atoms with Crippen LogP contribution in [0.2, 0.25) is 0 Å². The highest BCUT2D eigenvalue weighted by atomic mass is 19.4. The Morgan fingerprint density at radius 3 is 2.24 bits per heavy atom. The van der Waals surface area contributed by atoms with Crippen molar-refractivity contribution in [1.29, 1.82) is 0 Å². The zero-order valence-corrected chi connectivity index (χ0v) is 13.5. The minimum atomic E-state index is -4.66. The standard InChI is InChI=1S/C19H18F3NO2/c20-19(21,22)25-18-7-1-14(2-8-18)13-15-9-11-23(12-10-15)16-3-5-17(24)6-4-16/h1-9,24H,10-13H2. The molecular formula is C19H18F3NO2. The summed E-state index contributed by atoms with van der Waals surface area (Å²) in [7, 11) is 0. The maximum atomic E-state index is 12.2. The summed E-state index contributed by atoms with van der Waals surface area (Å²) in [4.78, 5) is 2.21. The minimum Gasteiger partial charge on any atom is -0.508 e. The predicted molar refractivity (Wildman–Crippen MR) is 89.8 cm³/mol. The summed E-state index contributed by atoms with van der Waals surface area (Å²) >= 11 is 0. The molecular weight excluding hydrogens is 331 g/mol. The van der Waals surface area contributed by atoms with Crippen molar-refractivity contribution in [1.82, 2.24) is 0 Å². The molecule has 0 saturated heterocycles. The molecule has 0 radical (unpaired) electrons. The van der Waals surface area contributed by atoms with Crippen LogP contribution in [-0.2, 0) is 6.42 Å². The first-order valence-corrected chi connectivity index (χ1v) is 7.96. The second-order valence-corrected chi connectivity index (χ2v) is 5.94. The first-order chi connectivity index (χ1) is 11.9. The Morgan fingerprint density at radius 1 is 1.00 bits per heavy atom. The van der Waals surface area contributed by atoms with Crippen LogP contribution < -0.4 is 9.64 Å². The summed E-state index contributed by atoms with van der Waals surface area (Å²) in [6.45, 7) is 1.64. The largest absolute Gasteiger partial charge is 0.573 e. The van der Waals surface area contributed by atoms with Crippen LogP contribution in [0.3, 0.4) is 0 Å². The summed E-state index contributed by atoms with van der Waals surface area (Å²) in [6, 6.07) is 13.1. The highest BCUT2D eigenvalue weighted by Crippen LogP contribution is 2.26. The van der Waals surface area contributed by atoms with Crippen LogP contribution in [0.25, 0.3) is 0 Å². The molecule has 132 valence electrons. The number of rotatable bonds is 4. The van der Waals surface area contributed by atoms with E-state index in [2.05, 4.69) is 15.7 Å². The Morgan fingerprint density at radius 2 is 1.68 bits per heavy atom. The highest BCUT2D eigenvalue weighted by molar-refractivity contribution is 5.50. The van der Waals surface area contributed by atoms with Crippen molar-refractivity contribution in [3.63, 3.8) is 0 Å². The second-order valence-electron chi connectivity index (χ2n) is 5.94. The van der Waals surface area contributed by atoms with E-state index in [0.29, 0.717) is 0 Å². The summed E-state index contributed by atoms with van der Waals surface area (Å²) in [5, 5.41) is 9.34. The molecule has 0 bridgehead atoms. The van der Waals surface area contributed by atoms with Gasteiger partial charge in [0.05, 0.1) is 0 Å². The van der Waals surface area contributed by atoms with Crippen molar-refractivity contribution in [2.24, 2.45) is 0 Å². The number of hydrogen-bond acceptors (Lipinski definition) is 3. The molecule has 0 amide bonds. The third kappa shape index (κ3) is 4.92. The Hall–Kier alpha value is -2.63. The average Bonchev–Trinajstić information content (AvgIpc) is 2.57. The van der Waals surface area contributed by atoms with Gasteiger partial charge in [-0.05, 0) is 54.8 Å². The molecule has 0 fully saturated rings. The lowest BCUT2D eigenvalue weighted by Crippen LogP contribution is -2.28. The minimum absolute atomic E-state index is 0.202. The number of halogens is 3. The Labute approximate surface area is 144 Å². The fourth-order valence-electron chi connectivity index (χ4n) is 2.84. The number of alkyl halides is 3. The molecule has 3 nitrogen and oxygen atoms in total. The van der Waals surface area contributed by atoms with Crippen molar-refractivity contribution in [3.05, 3.63) is 65.7 Å². The molecule has 1 aliphatic heterocycles. The number of phenolic OH excluding ortho intramolecular Hbond substituents is 1. The van der Waals surface area contributed by atoms with Crippen molar-refractivity contribution in [3.8, 4) is 11.5 Å². The van der Waals surface area contributed by atoms with Crippen LogP contribution in [0.4, 0.5) is 18.9 Å². The van der Waals surface area contributed by atoms with Crippen LogP contribution in [0.1, 0.15) is 12.0 Å². The Kier molecular flexibility index (Phi) is 4.88. The fraction of sp³-hybridized carbons (Fsp3) is 0.263. The maximum Gasteiger partial charge on any atom is 0.573 e. The average molecular weight is 349 g/mol. The fourth-order valence-corrected chi connectivity index (χ4v) is 2.84. The van der Waals surface area contributed by atoms with Crippen LogP contribution in [0.5, 0.6) is 11.5 Å². The number of nitrogens with zero attached hydrogens (tertiary/aromatic N) is 1. The zero-order chi connectivity index (χ0) is 17.9. The number of hydrogen-bond donors (Lipinski definition) is 1. The van der Waals surface area contributed by atoms with E-state index in [0.717, 1.165) is 37.2 Å². The monoisotopic (exact) mass is 349 g/mol. The lowest BCUT2D eigenvalue weighted by Gasteiger charge is -2.28. The SMILES string of the molecule is Oc1ccc(N2CC=C(Cc3ccc(OC(F)(F)F)cc3)CC2)cc1. The molecule has 25 heavy (non-hydrogen) atoms. The molecule has 0 aromatic heterocycles. The van der Waals surface area contributed by atoms with Gasteiger partial charge in [-0.3, -0.25) is 0 Å². The molecule has 0 aliphatic carbocycles. The van der Waals surface area contributed by atoms with E-state index in [1.807, 2.05) is 12.1 Å². The van der Waals surface area contributed by atoms with Crippen molar-refractivity contribution in [2.75, 3.05) is 18.0 Å².